The average Bonchev–Trinajstić information content (AvgIpc) is 2.26. The minimum absolute atomic E-state index is 0.292. The molecule has 18 heavy (non-hydrogen) atoms. The molecule has 98 valence electrons. The van der Waals surface area contributed by atoms with Gasteiger partial charge in [0.15, 0.2) is 0 Å². The maximum atomic E-state index is 12.5. The molecule has 0 bridgehead atoms. The molecule has 0 radical (unpaired) electrons. The molecule has 0 N–H and O–H groups in total. The Morgan fingerprint density at radius 2 is 2.00 bits per heavy atom. The monoisotopic (exact) mass is 320 g/mol. The highest BCUT2D eigenvalue weighted by Crippen LogP contribution is 2.26. The Bertz CT molecular complexity index is 452. The van der Waals surface area contributed by atoms with Gasteiger partial charge >= 0.3 is 6.18 Å². The lowest BCUT2D eigenvalue weighted by atomic mass is 10.2. The lowest BCUT2D eigenvalue weighted by Gasteiger charge is -2.25. The van der Waals surface area contributed by atoms with Crippen molar-refractivity contribution in [1.29, 1.82) is 5.26 Å². The van der Waals surface area contributed by atoms with Crippen LogP contribution in [0.4, 0.5) is 18.9 Å². The summed E-state index contributed by atoms with van der Waals surface area (Å²) in [5.41, 5.74) is 0.739. The molecule has 0 unspecified atom stereocenters. The largest absolute Gasteiger partial charge is 0.405 e. The molecular weight excluding hydrogens is 309 g/mol. The molecule has 0 heterocycles. The predicted octanol–water partition coefficient (Wildman–Crippen LogP) is 4.10. The number of rotatable bonds is 4. The summed E-state index contributed by atoms with van der Waals surface area (Å²) in [6.07, 6.45) is -3.66. The maximum Gasteiger partial charge on any atom is 0.405 e. The molecule has 0 aromatic heterocycles. The Morgan fingerprint density at radius 3 is 2.50 bits per heavy atom. The van der Waals surface area contributed by atoms with Crippen LogP contribution in [-0.4, -0.2) is 19.3 Å². The van der Waals surface area contributed by atoms with Crippen molar-refractivity contribution in [3.8, 4) is 6.07 Å². The van der Waals surface area contributed by atoms with Crippen LogP contribution >= 0.6 is 15.9 Å². The van der Waals surface area contributed by atoms with Crippen molar-refractivity contribution >= 4 is 21.6 Å². The zero-order valence-corrected chi connectivity index (χ0v) is 11.3. The number of halogens is 4. The third-order valence-corrected chi connectivity index (χ3v) is 2.70. The third kappa shape index (κ3) is 4.57. The smallest absolute Gasteiger partial charge is 0.363 e. The van der Waals surface area contributed by atoms with Gasteiger partial charge < -0.3 is 4.90 Å². The highest BCUT2D eigenvalue weighted by molar-refractivity contribution is 9.10. The van der Waals surface area contributed by atoms with Gasteiger partial charge in [0, 0.05) is 16.7 Å². The van der Waals surface area contributed by atoms with E-state index >= 15 is 0 Å². The number of hydrogen-bond acceptors (Lipinski definition) is 2. The van der Waals surface area contributed by atoms with Gasteiger partial charge in [0.1, 0.15) is 6.54 Å². The van der Waals surface area contributed by atoms with Crippen LogP contribution < -0.4 is 4.90 Å². The van der Waals surface area contributed by atoms with Gasteiger partial charge in [-0.25, -0.2) is 0 Å². The van der Waals surface area contributed by atoms with Crippen LogP contribution in [0.1, 0.15) is 18.9 Å². The predicted molar refractivity (Wildman–Crippen MR) is 67.4 cm³/mol. The van der Waals surface area contributed by atoms with Crippen LogP contribution in [0.3, 0.4) is 0 Å². The Kier molecular flexibility index (Phi) is 5.03. The van der Waals surface area contributed by atoms with E-state index in [1.807, 2.05) is 13.0 Å². The summed E-state index contributed by atoms with van der Waals surface area (Å²) in [6.45, 7) is 1.09. The fourth-order valence-electron chi connectivity index (χ4n) is 1.61. The molecule has 1 rings (SSSR count). The molecule has 0 spiro atoms. The number of alkyl halides is 3. The van der Waals surface area contributed by atoms with E-state index in [2.05, 4.69) is 15.9 Å². The first-order chi connectivity index (χ1) is 8.35. The molecule has 1 aromatic carbocycles. The first-order valence-corrected chi connectivity index (χ1v) is 6.17. The second kappa shape index (κ2) is 6.10. The lowest BCUT2D eigenvalue weighted by Crippen LogP contribution is -2.34. The number of hydrogen-bond donors (Lipinski definition) is 0. The van der Waals surface area contributed by atoms with Gasteiger partial charge in [-0.1, -0.05) is 22.9 Å². The number of nitriles is 1. The second-order valence-electron chi connectivity index (χ2n) is 3.85. The molecule has 0 aliphatic heterocycles. The fraction of sp³-hybridized carbons (Fsp3) is 0.417. The molecule has 2 nitrogen and oxygen atoms in total. The number of benzene rings is 1. The van der Waals surface area contributed by atoms with Crippen molar-refractivity contribution in [2.75, 3.05) is 18.0 Å². The van der Waals surface area contributed by atoms with Crippen molar-refractivity contribution in [1.82, 2.24) is 0 Å². The molecule has 0 aliphatic rings. The van der Waals surface area contributed by atoms with Crippen LogP contribution in [0.2, 0.25) is 0 Å². The summed E-state index contributed by atoms with van der Waals surface area (Å²) >= 11 is 3.19. The summed E-state index contributed by atoms with van der Waals surface area (Å²) in [6, 6.07) is 6.55. The second-order valence-corrected chi connectivity index (χ2v) is 4.76. The Balaban J connectivity index is 3.05. The van der Waals surface area contributed by atoms with E-state index in [0.29, 0.717) is 28.7 Å². The normalized spacial score (nSPS) is 11.1. The van der Waals surface area contributed by atoms with E-state index < -0.39 is 12.7 Å². The first-order valence-electron chi connectivity index (χ1n) is 5.38. The first kappa shape index (κ1) is 14.8. The van der Waals surface area contributed by atoms with E-state index in [-0.39, 0.29) is 0 Å². The molecule has 0 saturated carbocycles. The summed E-state index contributed by atoms with van der Waals surface area (Å²) in [5.74, 6) is 0. The Hall–Kier alpha value is -1.22. The van der Waals surface area contributed by atoms with Gasteiger partial charge in [-0.15, -0.1) is 0 Å². The van der Waals surface area contributed by atoms with E-state index in [1.54, 1.807) is 12.1 Å². The van der Waals surface area contributed by atoms with Gasteiger partial charge in [-0.05, 0) is 24.6 Å². The van der Waals surface area contributed by atoms with E-state index in [4.69, 9.17) is 5.26 Å². The zero-order valence-electron chi connectivity index (χ0n) is 9.76. The zero-order chi connectivity index (χ0) is 13.8. The highest BCUT2D eigenvalue weighted by atomic mass is 79.9. The fourth-order valence-corrected chi connectivity index (χ4v) is 2.09. The van der Waals surface area contributed by atoms with E-state index in [9.17, 15) is 13.2 Å². The molecule has 0 amide bonds. The Labute approximate surface area is 112 Å². The van der Waals surface area contributed by atoms with Crippen LogP contribution in [0.5, 0.6) is 0 Å². The molecule has 6 heteroatoms. The quantitative estimate of drug-likeness (QED) is 0.835. The van der Waals surface area contributed by atoms with Crippen LogP contribution in [0.25, 0.3) is 0 Å². The topological polar surface area (TPSA) is 27.0 Å². The standard InChI is InChI=1S/C12H12BrF3N2/c1-2-3-18(8-12(14,15)16)11-5-9(7-17)4-10(13)6-11/h4-6H,2-3,8H2,1H3. The molecule has 1 aromatic rings. The van der Waals surface area contributed by atoms with Crippen LogP contribution in [0.15, 0.2) is 22.7 Å². The van der Waals surface area contributed by atoms with E-state index in [0.717, 1.165) is 0 Å². The maximum absolute atomic E-state index is 12.5. The Morgan fingerprint density at radius 1 is 1.33 bits per heavy atom. The van der Waals surface area contributed by atoms with Crippen LogP contribution in [-0.2, 0) is 0 Å². The average molecular weight is 321 g/mol. The minimum Gasteiger partial charge on any atom is -0.363 e. The van der Waals surface area contributed by atoms with Crippen molar-refractivity contribution in [2.45, 2.75) is 19.5 Å². The van der Waals surface area contributed by atoms with Gasteiger partial charge in [0.05, 0.1) is 11.6 Å². The summed E-state index contributed by atoms with van der Waals surface area (Å²) in [4.78, 5) is 1.23. The highest BCUT2D eigenvalue weighted by Gasteiger charge is 2.30. The minimum atomic E-state index is -4.26. The molecule has 0 saturated heterocycles. The third-order valence-electron chi connectivity index (χ3n) is 2.24. The molecule has 0 aliphatic carbocycles. The molecular formula is C12H12BrF3N2. The van der Waals surface area contributed by atoms with E-state index in [1.165, 1.54) is 11.0 Å². The number of anilines is 1. The summed E-state index contributed by atoms with van der Waals surface area (Å²) < 4.78 is 38.0. The van der Waals surface area contributed by atoms with Gasteiger partial charge in [0.2, 0.25) is 0 Å². The van der Waals surface area contributed by atoms with Gasteiger partial charge in [-0.3, -0.25) is 0 Å². The van der Waals surface area contributed by atoms with Crippen molar-refractivity contribution in [2.24, 2.45) is 0 Å². The molecule has 0 atom stereocenters. The lowest BCUT2D eigenvalue weighted by molar-refractivity contribution is -0.119. The van der Waals surface area contributed by atoms with Crippen LogP contribution in [0, 0.1) is 11.3 Å². The van der Waals surface area contributed by atoms with Crippen molar-refractivity contribution < 1.29 is 13.2 Å². The molecule has 0 fully saturated rings. The van der Waals surface area contributed by atoms with Crippen molar-refractivity contribution in [3.63, 3.8) is 0 Å². The van der Waals surface area contributed by atoms with Gasteiger partial charge in [-0.2, -0.15) is 18.4 Å². The number of nitrogens with zero attached hydrogens (tertiary/aromatic N) is 2. The van der Waals surface area contributed by atoms with Crippen molar-refractivity contribution in [3.05, 3.63) is 28.2 Å². The summed E-state index contributed by atoms with van der Waals surface area (Å²) in [5, 5.41) is 8.82. The SMILES string of the molecule is CCCN(CC(F)(F)F)c1cc(Br)cc(C#N)c1. The summed E-state index contributed by atoms with van der Waals surface area (Å²) in [7, 11) is 0. The van der Waals surface area contributed by atoms with Gasteiger partial charge in [0.25, 0.3) is 0 Å².